The molecule has 10 heteroatoms. The van der Waals surface area contributed by atoms with Crippen LogP contribution < -0.4 is 5.32 Å². The van der Waals surface area contributed by atoms with E-state index in [4.69, 9.17) is 18.0 Å². The van der Waals surface area contributed by atoms with E-state index in [1.54, 1.807) is 0 Å². The smallest absolute Gasteiger partial charge is 0.325 e. The van der Waals surface area contributed by atoms with Crippen LogP contribution in [-0.4, -0.2) is 68.8 Å². The van der Waals surface area contributed by atoms with E-state index < -0.39 is 30.9 Å². The first-order valence-electron chi connectivity index (χ1n) is 18.4. The molecule has 0 aromatic rings. The van der Waals surface area contributed by atoms with Gasteiger partial charge >= 0.3 is 5.97 Å². The van der Waals surface area contributed by atoms with E-state index in [0.717, 1.165) is 12.8 Å². The Balaban J connectivity index is 1.65. The number of carbonyl (C=O) groups is 2. The van der Waals surface area contributed by atoms with E-state index in [0.29, 0.717) is 54.1 Å². The molecule has 7 nitrogen and oxygen atoms in total. The fourth-order valence-corrected chi connectivity index (χ4v) is 14.3. The van der Waals surface area contributed by atoms with Crippen LogP contribution in [0.2, 0.25) is 58.9 Å². The second-order valence-electron chi connectivity index (χ2n) is 19.0. The molecule has 0 aromatic carbocycles. The highest BCUT2D eigenvalue weighted by molar-refractivity contribution is 6.70. The van der Waals surface area contributed by atoms with Crippen LogP contribution in [0.4, 0.5) is 0 Å². The van der Waals surface area contributed by atoms with E-state index in [1.165, 1.54) is 45.6 Å². The summed E-state index contributed by atoms with van der Waals surface area (Å²) in [5, 5.41) is 2.74. The maximum absolute atomic E-state index is 12.7. The lowest BCUT2D eigenvalue weighted by atomic mass is 9.43. The molecule has 4 rings (SSSR count). The monoisotopic (exact) mass is 695 g/mol. The summed E-state index contributed by atoms with van der Waals surface area (Å²) in [7, 11) is -3.89. The minimum absolute atomic E-state index is 0.0474. The van der Waals surface area contributed by atoms with Gasteiger partial charge in [0.2, 0.25) is 5.91 Å². The number of fused-ring (bicyclic) bond motifs is 5. The SMILES string of the molecule is COC(=O)CNC(=O)CC[C@@H](C)[C@H]1CC[C@H]2[C@@H]3[C@H](O[Si](C)(C)C)C[C@@H]4C[C@H](O[Si](C)(C)C)CC[C@]4(C)[C@H]3C[C@H](O[Si](C)(C)C)[C@]12C. The average molecular weight is 696 g/mol. The van der Waals surface area contributed by atoms with Gasteiger partial charge in [-0.25, -0.2) is 0 Å². The number of esters is 1. The van der Waals surface area contributed by atoms with E-state index in [2.05, 4.69) is 85.0 Å². The summed E-state index contributed by atoms with van der Waals surface area (Å²) in [5.41, 5.74) is 0.332. The van der Waals surface area contributed by atoms with Gasteiger partial charge in [-0.15, -0.1) is 0 Å². The second-order valence-corrected chi connectivity index (χ2v) is 32.4. The van der Waals surface area contributed by atoms with Gasteiger partial charge in [0.05, 0.1) is 13.2 Å². The summed E-state index contributed by atoms with van der Waals surface area (Å²) in [6.07, 6.45) is 10.5. The van der Waals surface area contributed by atoms with Crippen molar-refractivity contribution in [3.8, 4) is 0 Å². The zero-order chi connectivity index (χ0) is 34.5. The van der Waals surface area contributed by atoms with Crippen molar-refractivity contribution in [1.29, 1.82) is 0 Å². The van der Waals surface area contributed by atoms with Gasteiger partial charge in [-0.1, -0.05) is 20.8 Å². The minimum Gasteiger partial charge on any atom is -0.468 e. The van der Waals surface area contributed by atoms with E-state index >= 15 is 0 Å². The second kappa shape index (κ2) is 14.0. The summed E-state index contributed by atoms with van der Waals surface area (Å²) in [6, 6.07) is 0. The number of hydrogen-bond acceptors (Lipinski definition) is 6. The van der Waals surface area contributed by atoms with Gasteiger partial charge < -0.3 is 23.3 Å². The molecule has 0 spiro atoms. The quantitative estimate of drug-likeness (QED) is 0.164. The van der Waals surface area contributed by atoms with Crippen LogP contribution >= 0.6 is 0 Å². The van der Waals surface area contributed by atoms with E-state index in [9.17, 15) is 9.59 Å². The number of amides is 1. The van der Waals surface area contributed by atoms with Crippen molar-refractivity contribution in [3.63, 3.8) is 0 Å². The predicted octanol–water partition coefficient (Wildman–Crippen LogP) is 8.23. The van der Waals surface area contributed by atoms with Gasteiger partial charge in [-0.2, -0.15) is 0 Å². The topological polar surface area (TPSA) is 83.1 Å². The Hall–Kier alpha value is -0.529. The predicted molar refractivity (Wildman–Crippen MR) is 194 cm³/mol. The zero-order valence-corrected chi connectivity index (χ0v) is 34.7. The first kappa shape index (κ1) is 38.3. The summed E-state index contributed by atoms with van der Waals surface area (Å²) >= 11 is 0. The van der Waals surface area contributed by atoms with Crippen molar-refractivity contribution in [2.24, 2.45) is 46.3 Å². The Morgan fingerprint density at radius 3 is 2.04 bits per heavy atom. The highest BCUT2D eigenvalue weighted by atomic mass is 28.4. The fourth-order valence-electron chi connectivity index (χ4n) is 10.7. The average Bonchev–Trinajstić information content (AvgIpc) is 3.27. The Morgan fingerprint density at radius 1 is 0.826 bits per heavy atom. The summed E-state index contributed by atoms with van der Waals surface area (Å²) in [4.78, 5) is 24.2. The van der Waals surface area contributed by atoms with Crippen molar-refractivity contribution in [2.75, 3.05) is 13.7 Å². The summed E-state index contributed by atoms with van der Waals surface area (Å²) in [5.74, 6) is 2.73. The van der Waals surface area contributed by atoms with Gasteiger partial charge in [-0.3, -0.25) is 9.59 Å². The molecule has 4 fully saturated rings. The molecule has 1 N–H and O–H groups in total. The molecule has 11 atom stereocenters. The summed E-state index contributed by atoms with van der Waals surface area (Å²) in [6.45, 7) is 28.7. The standard InChI is InChI=1S/C36H69NO6Si3/c1-24(14-17-32(38)37-23-33(39)40-4)27-15-16-28-34-29(22-31(36(27,28)3)43-46(11,12)13)35(2)19-18-26(41-44(5,6)7)20-25(35)21-30(34)42-45(8,9)10/h24-31,34H,14-23H2,1-13H3,(H,37,38)/t24-,25+,26-,27-,28+,29+,30-,31+,34+,35+,36-/m1/s1. The highest BCUT2D eigenvalue weighted by Gasteiger charge is 2.67. The van der Waals surface area contributed by atoms with Crippen LogP contribution in [0.25, 0.3) is 0 Å². The molecule has 0 heterocycles. The van der Waals surface area contributed by atoms with Crippen molar-refractivity contribution >= 4 is 36.8 Å². The molecular weight excluding hydrogens is 627 g/mol. The number of nitrogens with one attached hydrogen (secondary N) is 1. The molecule has 46 heavy (non-hydrogen) atoms. The fraction of sp³-hybridized carbons (Fsp3) is 0.944. The molecule has 4 aliphatic carbocycles. The molecule has 0 unspecified atom stereocenters. The van der Waals surface area contributed by atoms with Crippen molar-refractivity contribution in [1.82, 2.24) is 5.32 Å². The van der Waals surface area contributed by atoms with Crippen molar-refractivity contribution in [2.45, 2.75) is 156 Å². The van der Waals surface area contributed by atoms with Gasteiger partial charge in [0.15, 0.2) is 25.0 Å². The molecule has 4 saturated carbocycles. The normalized spacial score (nSPS) is 38.7. The molecule has 0 saturated heterocycles. The lowest BCUT2D eigenvalue weighted by Gasteiger charge is -2.66. The highest BCUT2D eigenvalue weighted by Crippen LogP contribution is 2.69. The van der Waals surface area contributed by atoms with Crippen molar-refractivity contribution < 1.29 is 27.6 Å². The Kier molecular flexibility index (Phi) is 11.7. The molecule has 4 aliphatic rings. The lowest BCUT2D eigenvalue weighted by molar-refractivity contribution is -0.199. The summed E-state index contributed by atoms with van der Waals surface area (Å²) < 4.78 is 26.1. The van der Waals surface area contributed by atoms with Gasteiger partial charge in [-0.05, 0) is 157 Å². The zero-order valence-electron chi connectivity index (χ0n) is 31.7. The number of rotatable bonds is 12. The van der Waals surface area contributed by atoms with Crippen molar-refractivity contribution in [3.05, 3.63) is 0 Å². The third kappa shape index (κ3) is 8.60. The number of ether oxygens (including phenoxy) is 1. The Morgan fingerprint density at radius 2 is 1.46 bits per heavy atom. The maximum atomic E-state index is 12.7. The maximum Gasteiger partial charge on any atom is 0.325 e. The Bertz CT molecular complexity index is 1090. The number of carbonyl (C=O) groups excluding carboxylic acids is 2. The molecule has 0 aliphatic heterocycles. The van der Waals surface area contributed by atoms with Crippen LogP contribution in [0.1, 0.15) is 78.6 Å². The van der Waals surface area contributed by atoms with Crippen LogP contribution in [0, 0.1) is 46.3 Å². The van der Waals surface area contributed by atoms with Gasteiger partial charge in [0, 0.05) is 18.6 Å². The largest absolute Gasteiger partial charge is 0.468 e. The van der Waals surface area contributed by atoms with Gasteiger partial charge in [0.1, 0.15) is 6.54 Å². The third-order valence-corrected chi connectivity index (χ3v) is 15.5. The first-order valence-corrected chi connectivity index (χ1v) is 28.7. The first-order chi connectivity index (χ1) is 21.1. The molecule has 266 valence electrons. The molecule has 1 amide bonds. The van der Waals surface area contributed by atoms with E-state index in [1.807, 2.05) is 0 Å². The third-order valence-electron chi connectivity index (χ3n) is 12.4. The van der Waals surface area contributed by atoms with Crippen LogP contribution in [0.5, 0.6) is 0 Å². The molecular formula is C36H69NO6Si3. The Labute approximate surface area is 284 Å². The minimum atomic E-state index is -1.84. The molecule has 0 bridgehead atoms. The number of methoxy groups -OCH3 is 1. The van der Waals surface area contributed by atoms with E-state index in [-0.39, 0.29) is 29.4 Å². The van der Waals surface area contributed by atoms with Gasteiger partial charge in [0.25, 0.3) is 0 Å². The van der Waals surface area contributed by atoms with Crippen LogP contribution in [0.3, 0.4) is 0 Å². The van der Waals surface area contributed by atoms with Crippen LogP contribution in [0.15, 0.2) is 0 Å². The molecule has 0 aromatic heterocycles. The molecule has 0 radical (unpaired) electrons. The number of hydrogen-bond donors (Lipinski definition) is 1. The van der Waals surface area contributed by atoms with Crippen LogP contribution in [-0.2, 0) is 27.6 Å². The lowest BCUT2D eigenvalue weighted by Crippen LogP contribution is -2.64.